The number of hydrogen-bond donors (Lipinski definition) is 1. The van der Waals surface area contributed by atoms with Crippen LogP contribution in [0.15, 0.2) is 18.2 Å². The molecule has 1 aromatic carbocycles. The van der Waals surface area contributed by atoms with Crippen LogP contribution in [0.1, 0.15) is 39.2 Å². The van der Waals surface area contributed by atoms with E-state index in [0.29, 0.717) is 23.9 Å². The highest BCUT2D eigenvalue weighted by molar-refractivity contribution is 6.30. The molecular formula is C15H23ClFN. The van der Waals surface area contributed by atoms with E-state index in [2.05, 4.69) is 26.1 Å². The number of rotatable bonds is 7. The molecule has 1 nitrogen and oxygen atoms in total. The highest BCUT2D eigenvalue weighted by atomic mass is 35.5. The fourth-order valence-electron chi connectivity index (χ4n) is 2.34. The van der Waals surface area contributed by atoms with Gasteiger partial charge in [0, 0.05) is 6.04 Å². The van der Waals surface area contributed by atoms with Gasteiger partial charge in [0.2, 0.25) is 0 Å². The maximum Gasteiger partial charge on any atom is 0.145 e. The molecule has 0 aromatic heterocycles. The van der Waals surface area contributed by atoms with E-state index in [-0.39, 0.29) is 10.8 Å². The molecule has 0 saturated heterocycles. The van der Waals surface area contributed by atoms with Crippen molar-refractivity contribution in [3.63, 3.8) is 0 Å². The highest BCUT2D eigenvalue weighted by Crippen LogP contribution is 2.22. The zero-order valence-electron chi connectivity index (χ0n) is 11.5. The molecule has 18 heavy (non-hydrogen) atoms. The normalized spacial score (nSPS) is 14.5. The molecule has 0 heterocycles. The Kier molecular flexibility index (Phi) is 6.66. The van der Waals surface area contributed by atoms with Gasteiger partial charge in [-0.1, -0.05) is 50.9 Å². The van der Waals surface area contributed by atoms with Gasteiger partial charge in [-0.15, -0.1) is 0 Å². The second-order valence-electron chi connectivity index (χ2n) is 4.85. The van der Waals surface area contributed by atoms with Crippen LogP contribution in [0.3, 0.4) is 0 Å². The second-order valence-corrected chi connectivity index (χ2v) is 5.25. The first-order chi connectivity index (χ1) is 8.60. The summed E-state index contributed by atoms with van der Waals surface area (Å²) >= 11 is 5.82. The molecule has 0 fully saturated rings. The standard InChI is InChI=1S/C15H23ClFN/c1-4-7-11(3)14(18-5-2)10-12-8-6-9-13(16)15(12)17/h6,8-9,11,14,18H,4-5,7,10H2,1-3H3. The smallest absolute Gasteiger partial charge is 0.145 e. The summed E-state index contributed by atoms with van der Waals surface area (Å²) in [6.07, 6.45) is 3.00. The summed E-state index contributed by atoms with van der Waals surface area (Å²) in [4.78, 5) is 0. The van der Waals surface area contributed by atoms with Crippen molar-refractivity contribution < 1.29 is 4.39 Å². The third-order valence-corrected chi connectivity index (χ3v) is 3.66. The lowest BCUT2D eigenvalue weighted by Gasteiger charge is -2.25. The van der Waals surface area contributed by atoms with E-state index in [1.54, 1.807) is 6.07 Å². The average molecular weight is 272 g/mol. The van der Waals surface area contributed by atoms with E-state index in [0.717, 1.165) is 19.4 Å². The zero-order chi connectivity index (χ0) is 13.5. The Morgan fingerprint density at radius 3 is 2.67 bits per heavy atom. The van der Waals surface area contributed by atoms with Gasteiger partial charge >= 0.3 is 0 Å². The van der Waals surface area contributed by atoms with Crippen molar-refractivity contribution in [3.05, 3.63) is 34.6 Å². The van der Waals surface area contributed by atoms with Crippen LogP contribution in [0.4, 0.5) is 4.39 Å². The molecule has 1 rings (SSSR count). The summed E-state index contributed by atoms with van der Waals surface area (Å²) in [7, 11) is 0. The fourth-order valence-corrected chi connectivity index (χ4v) is 2.53. The lowest BCUT2D eigenvalue weighted by Crippen LogP contribution is -2.37. The Balaban J connectivity index is 2.79. The van der Waals surface area contributed by atoms with E-state index in [1.807, 2.05) is 12.1 Å². The molecule has 0 saturated carbocycles. The number of benzene rings is 1. The topological polar surface area (TPSA) is 12.0 Å². The van der Waals surface area contributed by atoms with Crippen LogP contribution in [0.25, 0.3) is 0 Å². The fraction of sp³-hybridized carbons (Fsp3) is 0.600. The highest BCUT2D eigenvalue weighted by Gasteiger charge is 2.18. The summed E-state index contributed by atoms with van der Waals surface area (Å²) < 4.78 is 13.9. The minimum Gasteiger partial charge on any atom is -0.314 e. The van der Waals surface area contributed by atoms with Crippen LogP contribution in [0.2, 0.25) is 5.02 Å². The molecule has 0 aliphatic heterocycles. The number of hydrogen-bond acceptors (Lipinski definition) is 1. The van der Waals surface area contributed by atoms with Crippen molar-refractivity contribution in [3.8, 4) is 0 Å². The molecule has 102 valence electrons. The van der Waals surface area contributed by atoms with Crippen LogP contribution in [0.5, 0.6) is 0 Å². The predicted molar refractivity (Wildman–Crippen MR) is 76.7 cm³/mol. The van der Waals surface area contributed by atoms with Crippen molar-refractivity contribution in [2.75, 3.05) is 6.54 Å². The van der Waals surface area contributed by atoms with E-state index >= 15 is 0 Å². The molecule has 0 radical (unpaired) electrons. The minimum absolute atomic E-state index is 0.214. The van der Waals surface area contributed by atoms with E-state index in [1.165, 1.54) is 0 Å². The van der Waals surface area contributed by atoms with Crippen LogP contribution in [-0.4, -0.2) is 12.6 Å². The van der Waals surface area contributed by atoms with Gasteiger partial charge < -0.3 is 5.32 Å². The van der Waals surface area contributed by atoms with Gasteiger partial charge in [-0.2, -0.15) is 0 Å². The Morgan fingerprint density at radius 1 is 1.33 bits per heavy atom. The van der Waals surface area contributed by atoms with Crippen LogP contribution in [0, 0.1) is 11.7 Å². The molecule has 0 bridgehead atoms. The Morgan fingerprint density at radius 2 is 2.06 bits per heavy atom. The predicted octanol–water partition coefficient (Wildman–Crippen LogP) is 4.44. The van der Waals surface area contributed by atoms with Gasteiger partial charge in [0.1, 0.15) is 5.82 Å². The quantitative estimate of drug-likeness (QED) is 0.773. The van der Waals surface area contributed by atoms with Crippen molar-refractivity contribution in [2.45, 2.75) is 46.1 Å². The van der Waals surface area contributed by atoms with E-state index in [4.69, 9.17) is 11.6 Å². The van der Waals surface area contributed by atoms with Gasteiger partial charge in [-0.25, -0.2) is 4.39 Å². The third kappa shape index (κ3) is 4.25. The number of halogens is 2. The molecule has 2 unspecified atom stereocenters. The number of likely N-dealkylation sites (N-methyl/N-ethyl adjacent to an activating group) is 1. The van der Waals surface area contributed by atoms with Crippen LogP contribution < -0.4 is 5.32 Å². The first-order valence-electron chi connectivity index (χ1n) is 6.76. The largest absolute Gasteiger partial charge is 0.314 e. The summed E-state index contributed by atoms with van der Waals surface area (Å²) in [5.74, 6) is 0.263. The van der Waals surface area contributed by atoms with Gasteiger partial charge in [-0.3, -0.25) is 0 Å². The summed E-state index contributed by atoms with van der Waals surface area (Å²) in [5.41, 5.74) is 0.705. The zero-order valence-corrected chi connectivity index (χ0v) is 12.2. The maximum absolute atomic E-state index is 13.9. The first-order valence-corrected chi connectivity index (χ1v) is 7.14. The Bertz CT molecular complexity index is 368. The Hall–Kier alpha value is -0.600. The minimum atomic E-state index is -0.272. The van der Waals surface area contributed by atoms with Gasteiger partial charge in [0.05, 0.1) is 5.02 Å². The van der Waals surface area contributed by atoms with Crippen molar-refractivity contribution in [2.24, 2.45) is 5.92 Å². The van der Waals surface area contributed by atoms with Gasteiger partial charge in [0.25, 0.3) is 0 Å². The summed E-state index contributed by atoms with van der Waals surface area (Å²) in [5, 5.41) is 3.67. The first kappa shape index (κ1) is 15.5. The lowest BCUT2D eigenvalue weighted by atomic mass is 9.91. The van der Waals surface area contributed by atoms with E-state index < -0.39 is 0 Å². The molecule has 0 aliphatic carbocycles. The maximum atomic E-state index is 13.9. The SMILES string of the molecule is CCCC(C)C(Cc1cccc(Cl)c1F)NCC. The monoisotopic (exact) mass is 271 g/mol. The molecule has 1 aromatic rings. The third-order valence-electron chi connectivity index (χ3n) is 3.37. The summed E-state index contributed by atoms with van der Waals surface area (Å²) in [6.45, 7) is 7.39. The van der Waals surface area contributed by atoms with Crippen molar-refractivity contribution >= 4 is 11.6 Å². The number of nitrogens with one attached hydrogen (secondary N) is 1. The van der Waals surface area contributed by atoms with E-state index in [9.17, 15) is 4.39 Å². The molecule has 0 aliphatic rings. The molecule has 3 heteroatoms. The molecule has 0 amide bonds. The molecule has 2 atom stereocenters. The lowest BCUT2D eigenvalue weighted by molar-refractivity contribution is 0.354. The Labute approximate surface area is 115 Å². The molecule has 0 spiro atoms. The van der Waals surface area contributed by atoms with Gasteiger partial charge in [-0.05, 0) is 36.9 Å². The average Bonchev–Trinajstić information content (AvgIpc) is 2.34. The van der Waals surface area contributed by atoms with Crippen molar-refractivity contribution in [1.29, 1.82) is 0 Å². The van der Waals surface area contributed by atoms with Gasteiger partial charge in [0.15, 0.2) is 0 Å². The van der Waals surface area contributed by atoms with Crippen LogP contribution >= 0.6 is 11.6 Å². The molecular weight excluding hydrogens is 249 g/mol. The molecule has 1 N–H and O–H groups in total. The van der Waals surface area contributed by atoms with Crippen molar-refractivity contribution in [1.82, 2.24) is 5.32 Å². The van der Waals surface area contributed by atoms with Crippen LogP contribution in [-0.2, 0) is 6.42 Å². The summed E-state index contributed by atoms with van der Waals surface area (Å²) in [6, 6.07) is 5.54. The second kappa shape index (κ2) is 7.75.